The molecule has 1 aromatic heterocycles. The largest absolute Gasteiger partial charge is 0.336 e. The second kappa shape index (κ2) is 7.61. The number of hydrogen-bond donors (Lipinski definition) is 0. The number of carbonyl (C=O) groups excluding carboxylic acids is 1. The van der Waals surface area contributed by atoms with Gasteiger partial charge in [-0.1, -0.05) is 15.9 Å². The summed E-state index contributed by atoms with van der Waals surface area (Å²) in [5.74, 6) is 0.519. The van der Waals surface area contributed by atoms with Crippen molar-refractivity contribution < 1.29 is 13.2 Å². The molecule has 1 aromatic carbocycles. The van der Waals surface area contributed by atoms with E-state index >= 15 is 0 Å². The lowest BCUT2D eigenvalue weighted by atomic mass is 10.1. The van der Waals surface area contributed by atoms with Gasteiger partial charge in [-0.2, -0.15) is 5.10 Å². The number of amides is 1. The SMILES string of the molecule is Cc1c(C(=O)N2CCN(C3CCS(=O)(=O)C3)CC2)cnn1-c1ccc(Br)cc1. The molecule has 4 rings (SSSR count). The molecule has 0 radical (unpaired) electrons. The van der Waals surface area contributed by atoms with Gasteiger partial charge in [0, 0.05) is 36.7 Å². The Morgan fingerprint density at radius 1 is 1.14 bits per heavy atom. The standard InChI is InChI=1S/C19H23BrN4O3S/c1-14-18(12-21-24(14)16-4-2-15(20)3-5-16)19(25)23-9-7-22(8-10-23)17-6-11-28(26,27)13-17/h2-5,12,17H,6-11,13H2,1H3. The van der Waals surface area contributed by atoms with E-state index in [1.807, 2.05) is 36.1 Å². The van der Waals surface area contributed by atoms with Gasteiger partial charge < -0.3 is 4.90 Å². The zero-order valence-corrected chi connectivity index (χ0v) is 18.1. The maximum absolute atomic E-state index is 13.0. The van der Waals surface area contributed by atoms with E-state index in [9.17, 15) is 13.2 Å². The van der Waals surface area contributed by atoms with E-state index in [0.717, 1.165) is 15.9 Å². The minimum atomic E-state index is -2.89. The van der Waals surface area contributed by atoms with E-state index < -0.39 is 9.84 Å². The molecule has 0 bridgehead atoms. The molecule has 9 heteroatoms. The molecule has 1 amide bonds. The van der Waals surface area contributed by atoms with Crippen molar-refractivity contribution in [2.24, 2.45) is 0 Å². The van der Waals surface area contributed by atoms with Crippen LogP contribution >= 0.6 is 15.9 Å². The summed E-state index contributed by atoms with van der Waals surface area (Å²) in [6, 6.07) is 7.89. The van der Waals surface area contributed by atoms with Crippen molar-refractivity contribution in [3.8, 4) is 5.69 Å². The highest BCUT2D eigenvalue weighted by atomic mass is 79.9. The number of sulfone groups is 1. The van der Waals surface area contributed by atoms with Crippen LogP contribution in [0.3, 0.4) is 0 Å². The fourth-order valence-corrected chi connectivity index (χ4v) is 6.01. The Hall–Kier alpha value is -1.71. The van der Waals surface area contributed by atoms with Crippen LogP contribution in [0.1, 0.15) is 22.5 Å². The summed E-state index contributed by atoms with van der Waals surface area (Å²) in [6.07, 6.45) is 2.34. The zero-order valence-electron chi connectivity index (χ0n) is 15.7. The van der Waals surface area contributed by atoms with Gasteiger partial charge in [0.15, 0.2) is 9.84 Å². The van der Waals surface area contributed by atoms with E-state index in [1.165, 1.54) is 0 Å². The first-order chi connectivity index (χ1) is 13.3. The van der Waals surface area contributed by atoms with Crippen molar-refractivity contribution in [1.82, 2.24) is 19.6 Å². The average Bonchev–Trinajstić information content (AvgIpc) is 3.24. The van der Waals surface area contributed by atoms with Crippen molar-refractivity contribution in [1.29, 1.82) is 0 Å². The average molecular weight is 467 g/mol. The first-order valence-electron chi connectivity index (χ1n) is 9.38. The van der Waals surface area contributed by atoms with Gasteiger partial charge in [-0.15, -0.1) is 0 Å². The fraction of sp³-hybridized carbons (Fsp3) is 0.474. The number of rotatable bonds is 3. The van der Waals surface area contributed by atoms with Gasteiger partial charge in [0.1, 0.15) is 0 Å². The van der Waals surface area contributed by atoms with E-state index in [-0.39, 0.29) is 23.5 Å². The molecule has 2 saturated heterocycles. The first-order valence-corrected chi connectivity index (χ1v) is 12.0. The first kappa shape index (κ1) is 19.6. The van der Waals surface area contributed by atoms with Gasteiger partial charge in [0.25, 0.3) is 5.91 Å². The summed E-state index contributed by atoms with van der Waals surface area (Å²) in [7, 11) is -2.89. The third kappa shape index (κ3) is 3.88. The second-order valence-corrected chi connectivity index (χ2v) is 10.6. The fourth-order valence-electron chi connectivity index (χ4n) is 3.99. The van der Waals surface area contributed by atoms with Crippen LogP contribution in [0, 0.1) is 6.92 Å². The highest BCUT2D eigenvalue weighted by Crippen LogP contribution is 2.21. The van der Waals surface area contributed by atoms with Gasteiger partial charge >= 0.3 is 0 Å². The van der Waals surface area contributed by atoms with E-state index in [1.54, 1.807) is 10.9 Å². The van der Waals surface area contributed by atoms with Gasteiger partial charge in [0.05, 0.1) is 34.6 Å². The van der Waals surface area contributed by atoms with Crippen molar-refractivity contribution in [2.75, 3.05) is 37.7 Å². The topological polar surface area (TPSA) is 75.5 Å². The van der Waals surface area contributed by atoms with Gasteiger partial charge in [-0.3, -0.25) is 9.69 Å². The summed E-state index contributed by atoms with van der Waals surface area (Å²) in [5, 5.41) is 4.40. The molecule has 1 atom stereocenters. The summed E-state index contributed by atoms with van der Waals surface area (Å²) in [6.45, 7) is 4.55. The van der Waals surface area contributed by atoms with Crippen molar-refractivity contribution in [2.45, 2.75) is 19.4 Å². The van der Waals surface area contributed by atoms with E-state index in [4.69, 9.17) is 0 Å². The van der Waals surface area contributed by atoms with Crippen LogP contribution in [0.2, 0.25) is 0 Å². The summed E-state index contributed by atoms with van der Waals surface area (Å²) in [4.78, 5) is 17.1. The molecule has 2 aromatic rings. The van der Waals surface area contributed by atoms with Crippen molar-refractivity contribution >= 4 is 31.7 Å². The highest BCUT2D eigenvalue weighted by molar-refractivity contribution is 9.10. The number of nitrogens with zero attached hydrogens (tertiary/aromatic N) is 4. The molecule has 0 aliphatic carbocycles. The molecule has 2 fully saturated rings. The summed E-state index contributed by atoms with van der Waals surface area (Å²) in [5.41, 5.74) is 2.34. The molecule has 2 aliphatic heterocycles. The zero-order chi connectivity index (χ0) is 19.9. The third-order valence-corrected chi connectivity index (χ3v) is 7.92. The van der Waals surface area contributed by atoms with Crippen molar-refractivity contribution in [3.63, 3.8) is 0 Å². The van der Waals surface area contributed by atoms with Gasteiger partial charge in [0.2, 0.25) is 0 Å². The normalized spacial score (nSPS) is 22.5. The summed E-state index contributed by atoms with van der Waals surface area (Å²) < 4.78 is 26.2. The van der Waals surface area contributed by atoms with Crippen LogP contribution in [0.4, 0.5) is 0 Å². The smallest absolute Gasteiger partial charge is 0.257 e. The minimum absolute atomic E-state index is 0.0143. The van der Waals surface area contributed by atoms with Gasteiger partial charge in [-0.25, -0.2) is 13.1 Å². The molecule has 7 nitrogen and oxygen atoms in total. The van der Waals surface area contributed by atoms with Crippen LogP contribution in [0.25, 0.3) is 5.69 Å². The molecular weight excluding hydrogens is 444 g/mol. The molecule has 1 unspecified atom stereocenters. The number of hydrogen-bond acceptors (Lipinski definition) is 5. The predicted octanol–water partition coefficient (Wildman–Crippen LogP) is 1.89. The van der Waals surface area contributed by atoms with Crippen LogP contribution < -0.4 is 0 Å². The van der Waals surface area contributed by atoms with Crippen molar-refractivity contribution in [3.05, 3.63) is 46.2 Å². The quantitative estimate of drug-likeness (QED) is 0.690. The molecule has 2 aliphatic rings. The number of benzene rings is 1. The predicted molar refractivity (Wildman–Crippen MR) is 111 cm³/mol. The molecule has 0 N–H and O–H groups in total. The molecular formula is C19H23BrN4O3S. The maximum atomic E-state index is 13.0. The van der Waals surface area contributed by atoms with E-state index in [0.29, 0.717) is 38.2 Å². The lowest BCUT2D eigenvalue weighted by Crippen LogP contribution is -2.52. The molecule has 0 spiro atoms. The molecule has 0 saturated carbocycles. The monoisotopic (exact) mass is 466 g/mol. The Labute approximate surface area is 173 Å². The number of carbonyl (C=O) groups is 1. The number of halogens is 1. The molecule has 3 heterocycles. The van der Waals surface area contributed by atoms with Crippen LogP contribution in [-0.4, -0.2) is 77.6 Å². The van der Waals surface area contributed by atoms with Crippen LogP contribution in [-0.2, 0) is 9.84 Å². The number of aromatic nitrogens is 2. The van der Waals surface area contributed by atoms with E-state index in [2.05, 4.69) is 25.9 Å². The Kier molecular flexibility index (Phi) is 5.32. The Bertz CT molecular complexity index is 979. The molecule has 28 heavy (non-hydrogen) atoms. The lowest BCUT2D eigenvalue weighted by molar-refractivity contribution is 0.0587. The Balaban J connectivity index is 1.43. The lowest BCUT2D eigenvalue weighted by Gasteiger charge is -2.37. The Morgan fingerprint density at radius 3 is 2.43 bits per heavy atom. The highest BCUT2D eigenvalue weighted by Gasteiger charge is 2.34. The third-order valence-electron chi connectivity index (χ3n) is 5.64. The second-order valence-electron chi connectivity index (χ2n) is 7.42. The Morgan fingerprint density at radius 2 is 1.82 bits per heavy atom. The maximum Gasteiger partial charge on any atom is 0.257 e. The minimum Gasteiger partial charge on any atom is -0.336 e. The number of piperazine rings is 1. The van der Waals surface area contributed by atoms with Gasteiger partial charge in [-0.05, 0) is 37.6 Å². The van der Waals surface area contributed by atoms with Crippen LogP contribution in [0.5, 0.6) is 0 Å². The van der Waals surface area contributed by atoms with Crippen LogP contribution in [0.15, 0.2) is 34.9 Å². The summed E-state index contributed by atoms with van der Waals surface area (Å²) >= 11 is 3.42. The molecule has 150 valence electrons.